The molecule has 1 aliphatic heterocycles. The molecule has 0 atom stereocenters. The van der Waals surface area contributed by atoms with Gasteiger partial charge in [0.25, 0.3) is 0 Å². The first-order valence-electron chi connectivity index (χ1n) is 9.03. The third-order valence-electron chi connectivity index (χ3n) is 4.52. The van der Waals surface area contributed by atoms with Gasteiger partial charge in [0.05, 0.1) is 13.7 Å². The summed E-state index contributed by atoms with van der Waals surface area (Å²) in [6.07, 6.45) is 0. The first kappa shape index (κ1) is 18.1. The normalized spacial score (nSPS) is 12.4. The Morgan fingerprint density at radius 1 is 0.929 bits per heavy atom. The summed E-state index contributed by atoms with van der Waals surface area (Å²) in [5.41, 5.74) is 2.31. The van der Waals surface area contributed by atoms with Crippen LogP contribution in [0.15, 0.2) is 65.1 Å². The molecule has 2 aromatic carbocycles. The van der Waals surface area contributed by atoms with Crippen molar-refractivity contribution >= 4 is 5.97 Å². The van der Waals surface area contributed by atoms with E-state index >= 15 is 0 Å². The highest BCUT2D eigenvalue weighted by Crippen LogP contribution is 2.33. The maximum Gasteiger partial charge on any atom is 0.373 e. The predicted molar refractivity (Wildman–Crippen MR) is 102 cm³/mol. The van der Waals surface area contributed by atoms with Gasteiger partial charge in [0.2, 0.25) is 12.6 Å². The highest BCUT2D eigenvalue weighted by Gasteiger charge is 2.17. The van der Waals surface area contributed by atoms with E-state index in [9.17, 15) is 4.79 Å². The molecule has 3 aromatic rings. The number of hydrogen-bond donors (Lipinski definition) is 0. The first-order valence-corrected chi connectivity index (χ1v) is 9.03. The third-order valence-corrected chi connectivity index (χ3v) is 4.52. The number of carbonyl (C=O) groups excluding carboxylic acids is 1. The zero-order valence-electron chi connectivity index (χ0n) is 15.6. The number of fused-ring (bicyclic) bond motifs is 1. The monoisotopic (exact) mass is 379 g/mol. The lowest BCUT2D eigenvalue weighted by molar-refractivity contribution is 0.0560. The van der Waals surface area contributed by atoms with Gasteiger partial charge in [-0.25, -0.2) is 4.79 Å². The predicted octanol–water partition coefficient (Wildman–Crippen LogP) is 4.00. The van der Waals surface area contributed by atoms with E-state index in [-0.39, 0.29) is 12.6 Å². The van der Waals surface area contributed by atoms with Crippen molar-refractivity contribution in [2.45, 2.75) is 19.6 Å². The molecule has 0 radical (unpaired) electrons. The Morgan fingerprint density at radius 3 is 2.54 bits per heavy atom. The van der Waals surface area contributed by atoms with Gasteiger partial charge in [-0.2, -0.15) is 0 Å². The van der Waals surface area contributed by atoms with E-state index in [1.807, 2.05) is 42.5 Å². The Kier molecular flexibility index (Phi) is 5.30. The van der Waals surface area contributed by atoms with Gasteiger partial charge in [-0.3, -0.25) is 4.90 Å². The molecule has 6 heteroatoms. The van der Waals surface area contributed by atoms with Crippen LogP contribution in [0.2, 0.25) is 0 Å². The molecule has 4 rings (SSSR count). The maximum atomic E-state index is 11.6. The molecule has 0 saturated heterocycles. The standard InChI is InChI=1S/C22H21NO5/c1-25-22(24)20-10-8-18(28-20)14-23(12-16-5-3-2-4-6-16)13-17-7-9-19-21(11-17)27-15-26-19/h2-11H,12-15H2,1H3. The smallest absolute Gasteiger partial charge is 0.373 e. The second kappa shape index (κ2) is 8.19. The summed E-state index contributed by atoms with van der Waals surface area (Å²) in [6, 6.07) is 19.7. The van der Waals surface area contributed by atoms with Gasteiger partial charge in [0, 0.05) is 13.1 Å². The van der Waals surface area contributed by atoms with E-state index in [4.69, 9.17) is 18.6 Å². The summed E-state index contributed by atoms with van der Waals surface area (Å²) in [5, 5.41) is 0. The molecule has 0 bridgehead atoms. The fraction of sp³-hybridized carbons (Fsp3) is 0.227. The van der Waals surface area contributed by atoms with Crippen LogP contribution in [0.25, 0.3) is 0 Å². The van der Waals surface area contributed by atoms with Crippen LogP contribution in [0, 0.1) is 0 Å². The number of furan rings is 1. The SMILES string of the molecule is COC(=O)c1ccc(CN(Cc2ccccc2)Cc2ccc3c(c2)OCO3)o1. The van der Waals surface area contributed by atoms with E-state index in [1.165, 1.54) is 12.7 Å². The van der Waals surface area contributed by atoms with Crippen LogP contribution in [0.5, 0.6) is 11.5 Å². The van der Waals surface area contributed by atoms with Crippen LogP contribution in [-0.4, -0.2) is 24.8 Å². The van der Waals surface area contributed by atoms with Crippen LogP contribution in [-0.2, 0) is 24.4 Å². The number of ether oxygens (including phenoxy) is 3. The van der Waals surface area contributed by atoms with Crippen LogP contribution >= 0.6 is 0 Å². The highest BCUT2D eigenvalue weighted by atomic mass is 16.7. The second-order valence-corrected chi connectivity index (χ2v) is 6.58. The molecule has 0 amide bonds. The van der Waals surface area contributed by atoms with E-state index < -0.39 is 5.97 Å². The van der Waals surface area contributed by atoms with Gasteiger partial charge in [-0.05, 0) is 35.4 Å². The molecule has 0 spiro atoms. The minimum Gasteiger partial charge on any atom is -0.463 e. The van der Waals surface area contributed by atoms with Crippen molar-refractivity contribution in [1.82, 2.24) is 4.90 Å². The van der Waals surface area contributed by atoms with Crippen molar-refractivity contribution in [1.29, 1.82) is 0 Å². The van der Waals surface area contributed by atoms with Crippen molar-refractivity contribution in [3.63, 3.8) is 0 Å². The van der Waals surface area contributed by atoms with Crippen LogP contribution in [0.3, 0.4) is 0 Å². The zero-order chi connectivity index (χ0) is 19.3. The quantitative estimate of drug-likeness (QED) is 0.579. The molecule has 1 aliphatic rings. The topological polar surface area (TPSA) is 61.1 Å². The van der Waals surface area contributed by atoms with Crippen molar-refractivity contribution < 1.29 is 23.4 Å². The van der Waals surface area contributed by atoms with Gasteiger partial charge in [0.15, 0.2) is 11.5 Å². The molecule has 1 aromatic heterocycles. The fourth-order valence-electron chi connectivity index (χ4n) is 3.20. The summed E-state index contributed by atoms with van der Waals surface area (Å²) >= 11 is 0. The molecular formula is C22H21NO5. The fourth-order valence-corrected chi connectivity index (χ4v) is 3.20. The molecule has 0 fully saturated rings. The maximum absolute atomic E-state index is 11.6. The number of rotatable bonds is 7. The van der Waals surface area contributed by atoms with Gasteiger partial charge < -0.3 is 18.6 Å². The average molecular weight is 379 g/mol. The lowest BCUT2D eigenvalue weighted by Gasteiger charge is -2.21. The van der Waals surface area contributed by atoms with Crippen LogP contribution < -0.4 is 9.47 Å². The van der Waals surface area contributed by atoms with Gasteiger partial charge in [0.1, 0.15) is 5.76 Å². The Morgan fingerprint density at radius 2 is 1.71 bits per heavy atom. The number of benzene rings is 2. The number of carbonyl (C=O) groups is 1. The lowest BCUT2D eigenvalue weighted by Crippen LogP contribution is -2.22. The number of nitrogens with zero attached hydrogens (tertiary/aromatic N) is 1. The van der Waals surface area contributed by atoms with E-state index in [0.29, 0.717) is 18.8 Å². The van der Waals surface area contributed by atoms with E-state index in [0.717, 1.165) is 23.6 Å². The first-order chi connectivity index (χ1) is 13.7. The second-order valence-electron chi connectivity index (χ2n) is 6.58. The molecule has 0 unspecified atom stereocenters. The summed E-state index contributed by atoms with van der Waals surface area (Å²) in [6.45, 7) is 2.25. The molecule has 28 heavy (non-hydrogen) atoms. The average Bonchev–Trinajstić information content (AvgIpc) is 3.37. The van der Waals surface area contributed by atoms with Gasteiger partial charge >= 0.3 is 5.97 Å². The molecular weight excluding hydrogens is 358 g/mol. The number of hydrogen-bond acceptors (Lipinski definition) is 6. The molecule has 6 nitrogen and oxygen atoms in total. The van der Waals surface area contributed by atoms with Crippen LogP contribution in [0.1, 0.15) is 27.4 Å². The summed E-state index contributed by atoms with van der Waals surface area (Å²) < 4.78 is 21.3. The van der Waals surface area contributed by atoms with Crippen molar-refractivity contribution in [2.75, 3.05) is 13.9 Å². The molecule has 0 aliphatic carbocycles. The van der Waals surface area contributed by atoms with Crippen molar-refractivity contribution in [3.8, 4) is 11.5 Å². The molecule has 2 heterocycles. The van der Waals surface area contributed by atoms with Gasteiger partial charge in [-0.15, -0.1) is 0 Å². The molecule has 0 N–H and O–H groups in total. The summed E-state index contributed by atoms with van der Waals surface area (Å²) in [4.78, 5) is 13.9. The molecule has 144 valence electrons. The van der Waals surface area contributed by atoms with Crippen LogP contribution in [0.4, 0.5) is 0 Å². The van der Waals surface area contributed by atoms with Gasteiger partial charge in [-0.1, -0.05) is 36.4 Å². The Bertz CT molecular complexity index is 951. The molecule has 0 saturated carbocycles. The van der Waals surface area contributed by atoms with E-state index in [2.05, 4.69) is 17.0 Å². The number of esters is 1. The van der Waals surface area contributed by atoms with Crippen molar-refractivity contribution in [3.05, 3.63) is 83.3 Å². The minimum absolute atomic E-state index is 0.209. The zero-order valence-corrected chi connectivity index (χ0v) is 15.6. The summed E-state index contributed by atoms with van der Waals surface area (Å²) in [5.74, 6) is 1.98. The summed E-state index contributed by atoms with van der Waals surface area (Å²) in [7, 11) is 1.34. The third kappa shape index (κ3) is 4.18. The van der Waals surface area contributed by atoms with Crippen molar-refractivity contribution in [2.24, 2.45) is 0 Å². The Labute approximate surface area is 163 Å². The highest BCUT2D eigenvalue weighted by molar-refractivity contribution is 5.86. The largest absolute Gasteiger partial charge is 0.463 e. The van der Waals surface area contributed by atoms with E-state index in [1.54, 1.807) is 6.07 Å². The minimum atomic E-state index is -0.475. The Balaban J connectivity index is 1.53. The number of methoxy groups -OCH3 is 1. The Hall–Kier alpha value is -3.25. The lowest BCUT2D eigenvalue weighted by atomic mass is 10.1.